The van der Waals surface area contributed by atoms with Gasteiger partial charge in [-0.15, -0.1) is 0 Å². The van der Waals surface area contributed by atoms with Gasteiger partial charge in [0.2, 0.25) is 0 Å². The number of aliphatic carboxylic acids is 1. The predicted molar refractivity (Wildman–Crippen MR) is 59.6 cm³/mol. The number of benzene rings is 1. The Hall–Kier alpha value is -1.04. The summed E-state index contributed by atoms with van der Waals surface area (Å²) in [5.41, 5.74) is 0.574. The topological polar surface area (TPSA) is 37.3 Å². The molecule has 0 amide bonds. The first-order chi connectivity index (χ1) is 7.78. The molecule has 0 fully saturated rings. The van der Waals surface area contributed by atoms with Crippen molar-refractivity contribution in [3.05, 3.63) is 34.3 Å². The van der Waals surface area contributed by atoms with E-state index in [9.17, 15) is 18.0 Å². The molecule has 1 aromatic carbocycles. The Morgan fingerprint density at radius 2 is 1.82 bits per heavy atom. The van der Waals surface area contributed by atoms with E-state index in [0.717, 1.165) is 4.47 Å². The lowest BCUT2D eigenvalue weighted by molar-refractivity contribution is -0.163. The van der Waals surface area contributed by atoms with E-state index in [0.29, 0.717) is 5.56 Å². The van der Waals surface area contributed by atoms with Crippen LogP contribution in [0, 0.1) is 5.92 Å². The molecule has 0 saturated heterocycles. The quantitative estimate of drug-likeness (QED) is 0.921. The second-order valence-corrected chi connectivity index (χ2v) is 4.60. The summed E-state index contributed by atoms with van der Waals surface area (Å²) in [4.78, 5) is 10.7. The molecule has 94 valence electrons. The molecule has 1 rings (SSSR count). The van der Waals surface area contributed by atoms with Crippen LogP contribution in [0.15, 0.2) is 28.7 Å². The fourth-order valence-corrected chi connectivity index (χ4v) is 1.70. The Bertz CT molecular complexity index is 387. The van der Waals surface area contributed by atoms with Crippen LogP contribution in [-0.4, -0.2) is 17.3 Å². The molecule has 0 bridgehead atoms. The predicted octanol–water partition coefficient (Wildman–Crippen LogP) is 3.64. The van der Waals surface area contributed by atoms with Gasteiger partial charge in [0, 0.05) is 4.47 Å². The van der Waals surface area contributed by atoms with Crippen molar-refractivity contribution >= 4 is 21.9 Å². The van der Waals surface area contributed by atoms with Crippen molar-refractivity contribution in [1.29, 1.82) is 0 Å². The van der Waals surface area contributed by atoms with E-state index in [1.165, 1.54) is 0 Å². The molecule has 0 heterocycles. The van der Waals surface area contributed by atoms with E-state index in [2.05, 4.69) is 15.9 Å². The maximum atomic E-state index is 12.2. The highest BCUT2D eigenvalue weighted by Crippen LogP contribution is 2.27. The molecule has 0 aromatic heterocycles. The fourth-order valence-electron chi connectivity index (χ4n) is 1.43. The van der Waals surface area contributed by atoms with E-state index in [1.807, 2.05) is 0 Å². The van der Waals surface area contributed by atoms with E-state index in [4.69, 9.17) is 5.11 Å². The Kier molecular flexibility index (Phi) is 4.56. The van der Waals surface area contributed by atoms with Crippen LogP contribution >= 0.6 is 15.9 Å². The zero-order chi connectivity index (χ0) is 13.1. The highest BCUT2D eigenvalue weighted by molar-refractivity contribution is 9.10. The van der Waals surface area contributed by atoms with Crippen LogP contribution < -0.4 is 0 Å². The van der Waals surface area contributed by atoms with Gasteiger partial charge in [-0.1, -0.05) is 28.1 Å². The summed E-state index contributed by atoms with van der Waals surface area (Å²) in [5, 5.41) is 8.74. The summed E-state index contributed by atoms with van der Waals surface area (Å²) in [6.07, 6.45) is -5.89. The number of hydrogen-bond acceptors (Lipinski definition) is 1. The number of rotatable bonds is 4. The minimum Gasteiger partial charge on any atom is -0.481 e. The molecule has 17 heavy (non-hydrogen) atoms. The molecule has 0 saturated carbocycles. The summed E-state index contributed by atoms with van der Waals surface area (Å²) < 4.78 is 37.3. The lowest BCUT2D eigenvalue weighted by Gasteiger charge is -2.14. The lowest BCUT2D eigenvalue weighted by atomic mass is 9.96. The second kappa shape index (κ2) is 5.53. The van der Waals surface area contributed by atoms with Crippen molar-refractivity contribution in [3.8, 4) is 0 Å². The zero-order valence-electron chi connectivity index (χ0n) is 8.67. The largest absolute Gasteiger partial charge is 0.481 e. The number of carboxylic acid groups (broad SMARTS) is 1. The summed E-state index contributed by atoms with van der Waals surface area (Å²) in [5.74, 6) is -2.86. The number of alkyl halides is 3. The Labute approximate surface area is 105 Å². The van der Waals surface area contributed by atoms with Crippen LogP contribution in [0.2, 0.25) is 0 Å². The summed E-state index contributed by atoms with van der Waals surface area (Å²) >= 11 is 3.19. The zero-order valence-corrected chi connectivity index (χ0v) is 10.3. The molecule has 0 aliphatic carbocycles. The second-order valence-electron chi connectivity index (χ2n) is 3.69. The van der Waals surface area contributed by atoms with Gasteiger partial charge in [0.1, 0.15) is 0 Å². The van der Waals surface area contributed by atoms with Crippen LogP contribution in [0.1, 0.15) is 12.0 Å². The molecule has 0 aliphatic rings. The van der Waals surface area contributed by atoms with Crippen LogP contribution in [0.3, 0.4) is 0 Å². The monoisotopic (exact) mass is 310 g/mol. The Morgan fingerprint density at radius 3 is 2.24 bits per heavy atom. The lowest BCUT2D eigenvalue weighted by Crippen LogP contribution is -2.24. The number of hydrogen-bond donors (Lipinski definition) is 1. The van der Waals surface area contributed by atoms with E-state index >= 15 is 0 Å². The van der Waals surface area contributed by atoms with Crippen molar-refractivity contribution in [3.63, 3.8) is 0 Å². The molecular formula is C11H10BrF3O2. The van der Waals surface area contributed by atoms with Crippen molar-refractivity contribution in [2.24, 2.45) is 5.92 Å². The minimum absolute atomic E-state index is 0.123. The molecule has 0 spiro atoms. The average Bonchev–Trinajstić information content (AvgIpc) is 2.18. The normalized spacial score (nSPS) is 13.4. The molecule has 1 aromatic rings. The molecule has 1 unspecified atom stereocenters. The number of halogens is 4. The molecule has 6 heteroatoms. The van der Waals surface area contributed by atoms with Gasteiger partial charge in [0.25, 0.3) is 0 Å². The first kappa shape index (κ1) is 14.0. The molecule has 1 N–H and O–H groups in total. The molecule has 2 nitrogen and oxygen atoms in total. The number of carbonyl (C=O) groups is 1. The first-order valence-electron chi connectivity index (χ1n) is 4.82. The Morgan fingerprint density at radius 1 is 1.29 bits per heavy atom. The number of carboxylic acids is 1. The average molecular weight is 311 g/mol. The first-order valence-corrected chi connectivity index (χ1v) is 5.61. The van der Waals surface area contributed by atoms with Crippen LogP contribution in [0.25, 0.3) is 0 Å². The highest BCUT2D eigenvalue weighted by atomic mass is 79.9. The maximum absolute atomic E-state index is 12.2. The summed E-state index contributed by atoms with van der Waals surface area (Å²) in [7, 11) is 0. The van der Waals surface area contributed by atoms with E-state index < -0.39 is 24.5 Å². The van der Waals surface area contributed by atoms with E-state index in [1.54, 1.807) is 24.3 Å². The molecule has 0 radical (unpaired) electrons. The maximum Gasteiger partial charge on any atom is 0.389 e. The van der Waals surface area contributed by atoms with Crippen LogP contribution in [0.5, 0.6) is 0 Å². The molecule has 1 atom stereocenters. The van der Waals surface area contributed by atoms with Gasteiger partial charge in [-0.25, -0.2) is 0 Å². The SMILES string of the molecule is O=C(O)C(Cc1ccc(Br)cc1)CC(F)(F)F. The van der Waals surface area contributed by atoms with Crippen molar-refractivity contribution in [1.82, 2.24) is 0 Å². The fraction of sp³-hybridized carbons (Fsp3) is 0.364. The van der Waals surface area contributed by atoms with Gasteiger partial charge in [-0.2, -0.15) is 13.2 Å². The van der Waals surface area contributed by atoms with Gasteiger partial charge in [0.05, 0.1) is 12.3 Å². The molecular weight excluding hydrogens is 301 g/mol. The Balaban J connectivity index is 2.73. The smallest absolute Gasteiger partial charge is 0.389 e. The van der Waals surface area contributed by atoms with Crippen LogP contribution in [0.4, 0.5) is 13.2 Å². The minimum atomic E-state index is -4.46. The van der Waals surface area contributed by atoms with Gasteiger partial charge < -0.3 is 5.11 Å². The van der Waals surface area contributed by atoms with Gasteiger partial charge in [-0.05, 0) is 24.1 Å². The molecule has 0 aliphatic heterocycles. The van der Waals surface area contributed by atoms with Gasteiger partial charge >= 0.3 is 12.1 Å². The summed E-state index contributed by atoms with van der Waals surface area (Å²) in [6, 6.07) is 6.55. The summed E-state index contributed by atoms with van der Waals surface area (Å²) in [6.45, 7) is 0. The highest BCUT2D eigenvalue weighted by Gasteiger charge is 2.35. The van der Waals surface area contributed by atoms with Gasteiger partial charge in [-0.3, -0.25) is 4.79 Å². The van der Waals surface area contributed by atoms with Crippen LogP contribution in [-0.2, 0) is 11.2 Å². The van der Waals surface area contributed by atoms with Crippen molar-refractivity contribution < 1.29 is 23.1 Å². The third kappa shape index (κ3) is 5.21. The third-order valence-electron chi connectivity index (χ3n) is 2.22. The van der Waals surface area contributed by atoms with Crippen molar-refractivity contribution in [2.45, 2.75) is 19.0 Å². The standard InChI is InChI=1S/C11H10BrF3O2/c12-9-3-1-7(2-4-9)5-8(10(16)17)6-11(13,14)15/h1-4,8H,5-6H2,(H,16,17). The van der Waals surface area contributed by atoms with E-state index in [-0.39, 0.29) is 6.42 Å². The van der Waals surface area contributed by atoms with Crippen molar-refractivity contribution in [2.75, 3.05) is 0 Å². The third-order valence-corrected chi connectivity index (χ3v) is 2.75. The van der Waals surface area contributed by atoms with Gasteiger partial charge in [0.15, 0.2) is 0 Å².